The van der Waals surface area contributed by atoms with Crippen molar-refractivity contribution in [3.05, 3.63) is 47.8 Å². The highest BCUT2D eigenvalue weighted by molar-refractivity contribution is 5.91. The van der Waals surface area contributed by atoms with Crippen LogP contribution in [0.1, 0.15) is 11.1 Å². The fourth-order valence-corrected chi connectivity index (χ4v) is 1.56. The van der Waals surface area contributed by atoms with Gasteiger partial charge in [0.15, 0.2) is 0 Å². The first-order valence-corrected chi connectivity index (χ1v) is 5.47. The number of rotatable bonds is 3. The number of hydrogen-bond acceptors (Lipinski definition) is 3. The lowest BCUT2D eigenvalue weighted by Crippen LogP contribution is -2.19. The van der Waals surface area contributed by atoms with Gasteiger partial charge in [-0.2, -0.15) is 10.4 Å². The molecule has 0 spiro atoms. The van der Waals surface area contributed by atoms with Crippen molar-refractivity contribution in [2.45, 2.75) is 13.5 Å². The highest BCUT2D eigenvalue weighted by Crippen LogP contribution is 2.16. The number of anilines is 1. The summed E-state index contributed by atoms with van der Waals surface area (Å²) in [4.78, 5) is 11.8. The molecule has 0 aliphatic heterocycles. The third-order valence-corrected chi connectivity index (χ3v) is 2.51. The third kappa shape index (κ3) is 2.74. The van der Waals surface area contributed by atoms with Crippen LogP contribution in [0.15, 0.2) is 36.7 Å². The maximum atomic E-state index is 11.8. The number of carbonyl (C=O) groups is 1. The largest absolute Gasteiger partial charge is 0.324 e. The molecule has 1 heterocycles. The van der Waals surface area contributed by atoms with Gasteiger partial charge < -0.3 is 5.32 Å². The third-order valence-electron chi connectivity index (χ3n) is 2.51. The molecule has 5 nitrogen and oxygen atoms in total. The SMILES string of the molecule is Cc1ccc(C#N)cc1NC(=O)Cn1cccn1. The van der Waals surface area contributed by atoms with Crippen LogP contribution in [0.2, 0.25) is 0 Å². The van der Waals surface area contributed by atoms with Crippen LogP contribution in [-0.2, 0) is 11.3 Å². The van der Waals surface area contributed by atoms with Crippen molar-refractivity contribution in [1.29, 1.82) is 5.26 Å². The molecule has 0 saturated carbocycles. The lowest BCUT2D eigenvalue weighted by molar-refractivity contribution is -0.116. The van der Waals surface area contributed by atoms with Crippen molar-refractivity contribution in [3.63, 3.8) is 0 Å². The zero-order valence-electron chi connectivity index (χ0n) is 9.92. The van der Waals surface area contributed by atoms with Crippen LogP contribution in [-0.4, -0.2) is 15.7 Å². The van der Waals surface area contributed by atoms with Gasteiger partial charge in [0.2, 0.25) is 5.91 Å². The fourth-order valence-electron chi connectivity index (χ4n) is 1.56. The van der Waals surface area contributed by atoms with Crippen LogP contribution >= 0.6 is 0 Å². The van der Waals surface area contributed by atoms with Gasteiger partial charge in [-0.25, -0.2) is 0 Å². The molecule has 0 saturated heterocycles. The zero-order chi connectivity index (χ0) is 13.0. The summed E-state index contributed by atoms with van der Waals surface area (Å²) in [7, 11) is 0. The number of benzene rings is 1. The van der Waals surface area contributed by atoms with E-state index in [0.717, 1.165) is 5.56 Å². The maximum absolute atomic E-state index is 11.8. The normalized spacial score (nSPS) is 9.78. The van der Waals surface area contributed by atoms with E-state index in [0.29, 0.717) is 11.3 Å². The van der Waals surface area contributed by atoms with Gasteiger partial charge in [-0.3, -0.25) is 9.48 Å². The van der Waals surface area contributed by atoms with E-state index in [4.69, 9.17) is 5.26 Å². The second kappa shape index (κ2) is 5.15. The van der Waals surface area contributed by atoms with Crippen LogP contribution in [0, 0.1) is 18.3 Å². The molecule has 1 amide bonds. The Labute approximate surface area is 105 Å². The molecule has 5 heteroatoms. The van der Waals surface area contributed by atoms with E-state index >= 15 is 0 Å². The molecule has 0 atom stereocenters. The van der Waals surface area contributed by atoms with E-state index in [1.807, 2.05) is 19.1 Å². The number of carbonyl (C=O) groups excluding carboxylic acids is 1. The monoisotopic (exact) mass is 240 g/mol. The fraction of sp³-hybridized carbons (Fsp3) is 0.154. The highest BCUT2D eigenvalue weighted by atomic mass is 16.2. The van der Waals surface area contributed by atoms with E-state index in [1.165, 1.54) is 0 Å². The average molecular weight is 240 g/mol. The maximum Gasteiger partial charge on any atom is 0.246 e. The van der Waals surface area contributed by atoms with E-state index in [9.17, 15) is 4.79 Å². The van der Waals surface area contributed by atoms with Crippen molar-refractivity contribution >= 4 is 11.6 Å². The Morgan fingerprint density at radius 3 is 3.06 bits per heavy atom. The molecule has 90 valence electrons. The smallest absolute Gasteiger partial charge is 0.246 e. The van der Waals surface area contributed by atoms with Crippen molar-refractivity contribution in [2.75, 3.05) is 5.32 Å². The van der Waals surface area contributed by atoms with E-state index in [1.54, 1.807) is 35.3 Å². The standard InChI is InChI=1S/C13H12N4O/c1-10-3-4-11(8-14)7-12(10)16-13(18)9-17-6-2-5-15-17/h2-7H,9H2,1H3,(H,16,18). The van der Waals surface area contributed by atoms with Gasteiger partial charge in [0.25, 0.3) is 0 Å². The first-order chi connectivity index (χ1) is 8.69. The Balaban J connectivity index is 2.09. The number of nitrogens with one attached hydrogen (secondary N) is 1. The molecule has 0 aliphatic carbocycles. The molecule has 0 bridgehead atoms. The first-order valence-electron chi connectivity index (χ1n) is 5.47. The van der Waals surface area contributed by atoms with Crippen LogP contribution in [0.25, 0.3) is 0 Å². The minimum Gasteiger partial charge on any atom is -0.324 e. The molecule has 1 aromatic carbocycles. The number of amides is 1. The summed E-state index contributed by atoms with van der Waals surface area (Å²) >= 11 is 0. The summed E-state index contributed by atoms with van der Waals surface area (Å²) < 4.78 is 1.54. The Hall–Kier alpha value is -2.61. The molecular weight excluding hydrogens is 228 g/mol. The van der Waals surface area contributed by atoms with E-state index in [-0.39, 0.29) is 12.5 Å². The lowest BCUT2D eigenvalue weighted by Gasteiger charge is -2.08. The van der Waals surface area contributed by atoms with Crippen molar-refractivity contribution in [2.24, 2.45) is 0 Å². The number of nitriles is 1. The predicted molar refractivity (Wildman–Crippen MR) is 66.8 cm³/mol. The Morgan fingerprint density at radius 1 is 1.56 bits per heavy atom. The second-order valence-corrected chi connectivity index (χ2v) is 3.89. The topological polar surface area (TPSA) is 70.7 Å². The van der Waals surface area contributed by atoms with Crippen molar-refractivity contribution in [1.82, 2.24) is 9.78 Å². The Kier molecular flexibility index (Phi) is 3.39. The molecule has 1 aromatic heterocycles. The molecule has 1 N–H and O–H groups in total. The molecule has 0 radical (unpaired) electrons. The van der Waals surface area contributed by atoms with Gasteiger partial charge in [-0.1, -0.05) is 6.07 Å². The van der Waals surface area contributed by atoms with Crippen molar-refractivity contribution in [3.8, 4) is 6.07 Å². The van der Waals surface area contributed by atoms with Gasteiger partial charge >= 0.3 is 0 Å². The number of nitrogens with zero attached hydrogens (tertiary/aromatic N) is 3. The van der Waals surface area contributed by atoms with Gasteiger partial charge in [0, 0.05) is 18.1 Å². The van der Waals surface area contributed by atoms with Crippen LogP contribution in [0.3, 0.4) is 0 Å². The van der Waals surface area contributed by atoms with Crippen LogP contribution < -0.4 is 5.32 Å². The van der Waals surface area contributed by atoms with Crippen molar-refractivity contribution < 1.29 is 4.79 Å². The van der Waals surface area contributed by atoms with Gasteiger partial charge in [0.1, 0.15) is 6.54 Å². The quantitative estimate of drug-likeness (QED) is 0.887. The molecule has 2 aromatic rings. The summed E-state index contributed by atoms with van der Waals surface area (Å²) in [6.45, 7) is 2.04. The minimum absolute atomic E-state index is 0.156. The Morgan fingerprint density at radius 2 is 2.39 bits per heavy atom. The number of aryl methyl sites for hydroxylation is 1. The molecule has 0 unspecified atom stereocenters. The zero-order valence-corrected chi connectivity index (χ0v) is 9.92. The molecule has 18 heavy (non-hydrogen) atoms. The minimum atomic E-state index is -0.170. The van der Waals surface area contributed by atoms with E-state index < -0.39 is 0 Å². The molecular formula is C13H12N4O. The van der Waals surface area contributed by atoms with Gasteiger partial charge in [0.05, 0.1) is 11.6 Å². The number of aromatic nitrogens is 2. The Bertz CT molecular complexity index is 596. The van der Waals surface area contributed by atoms with Gasteiger partial charge in [-0.05, 0) is 30.7 Å². The van der Waals surface area contributed by atoms with Gasteiger partial charge in [-0.15, -0.1) is 0 Å². The molecule has 0 fully saturated rings. The first kappa shape index (κ1) is 11.9. The summed E-state index contributed by atoms with van der Waals surface area (Å²) in [6.07, 6.45) is 3.34. The second-order valence-electron chi connectivity index (χ2n) is 3.89. The molecule has 0 aliphatic rings. The summed E-state index contributed by atoms with van der Waals surface area (Å²) in [5, 5.41) is 15.5. The summed E-state index contributed by atoms with van der Waals surface area (Å²) in [5.41, 5.74) is 2.10. The highest BCUT2D eigenvalue weighted by Gasteiger charge is 2.06. The lowest BCUT2D eigenvalue weighted by atomic mass is 10.1. The van der Waals surface area contributed by atoms with Crippen LogP contribution in [0.5, 0.6) is 0 Å². The van der Waals surface area contributed by atoms with Crippen LogP contribution in [0.4, 0.5) is 5.69 Å². The predicted octanol–water partition coefficient (Wildman–Crippen LogP) is 1.70. The number of hydrogen-bond donors (Lipinski definition) is 1. The average Bonchev–Trinajstić information content (AvgIpc) is 2.84. The summed E-state index contributed by atoms with van der Waals surface area (Å²) in [5.74, 6) is -0.170. The molecule has 2 rings (SSSR count). The summed E-state index contributed by atoms with van der Waals surface area (Å²) in [6, 6.07) is 8.99. The van der Waals surface area contributed by atoms with E-state index in [2.05, 4.69) is 10.4 Å².